The monoisotopic (exact) mass is 368 g/mol. The van der Waals surface area contributed by atoms with Crippen molar-refractivity contribution in [2.45, 2.75) is 45.1 Å². The van der Waals surface area contributed by atoms with E-state index in [2.05, 4.69) is 4.72 Å². The van der Waals surface area contributed by atoms with Crippen molar-refractivity contribution in [2.24, 2.45) is 5.92 Å². The smallest absolute Gasteiger partial charge is 0.241 e. The van der Waals surface area contributed by atoms with Gasteiger partial charge in [-0.15, -0.1) is 0 Å². The van der Waals surface area contributed by atoms with Gasteiger partial charge in [0.15, 0.2) is 0 Å². The quantitative estimate of drug-likeness (QED) is 0.831. The lowest BCUT2D eigenvalue weighted by atomic mass is 10.0. The van der Waals surface area contributed by atoms with Crippen LogP contribution >= 0.6 is 0 Å². The first kappa shape index (κ1) is 19.9. The Balaban J connectivity index is 2.22. The van der Waals surface area contributed by atoms with Crippen LogP contribution in [-0.4, -0.2) is 51.6 Å². The predicted molar refractivity (Wildman–Crippen MR) is 96.9 cm³/mol. The highest BCUT2D eigenvalue weighted by molar-refractivity contribution is 7.89. The van der Waals surface area contributed by atoms with E-state index in [0.717, 1.165) is 11.1 Å². The first-order valence-electron chi connectivity index (χ1n) is 8.67. The second-order valence-corrected chi connectivity index (χ2v) is 8.70. The number of carbonyl (C=O) groups excluding carboxylic acids is 1. The predicted octanol–water partition coefficient (Wildman–Crippen LogP) is 1.86. The summed E-state index contributed by atoms with van der Waals surface area (Å²) in [5, 5.41) is 0. The van der Waals surface area contributed by atoms with Gasteiger partial charge in [-0.3, -0.25) is 4.79 Å². The summed E-state index contributed by atoms with van der Waals surface area (Å²) in [7, 11) is -3.76. The maximum absolute atomic E-state index is 12.8. The zero-order valence-corrected chi connectivity index (χ0v) is 16.2. The molecule has 0 unspecified atom stereocenters. The fourth-order valence-electron chi connectivity index (χ4n) is 2.81. The number of nitrogens with zero attached hydrogens (tertiary/aromatic N) is 1. The van der Waals surface area contributed by atoms with Crippen molar-refractivity contribution in [3.8, 4) is 0 Å². The number of nitrogens with one attached hydrogen (secondary N) is 1. The van der Waals surface area contributed by atoms with Crippen LogP contribution < -0.4 is 4.72 Å². The molecule has 0 aliphatic carbocycles. The van der Waals surface area contributed by atoms with Gasteiger partial charge in [0.05, 0.1) is 18.1 Å². The van der Waals surface area contributed by atoms with E-state index in [4.69, 9.17) is 4.74 Å². The molecule has 7 heteroatoms. The minimum atomic E-state index is -3.76. The molecule has 1 N–H and O–H groups in total. The Labute approximate surface area is 150 Å². The Morgan fingerprint density at radius 3 is 2.40 bits per heavy atom. The van der Waals surface area contributed by atoms with Gasteiger partial charge >= 0.3 is 0 Å². The van der Waals surface area contributed by atoms with Crippen LogP contribution in [0, 0.1) is 19.8 Å². The molecule has 0 spiro atoms. The lowest BCUT2D eigenvalue weighted by molar-refractivity contribution is -0.137. The van der Waals surface area contributed by atoms with Gasteiger partial charge < -0.3 is 9.64 Å². The largest absolute Gasteiger partial charge is 0.378 e. The highest BCUT2D eigenvalue weighted by Gasteiger charge is 2.30. The minimum Gasteiger partial charge on any atom is -0.378 e. The number of morpholine rings is 1. The van der Waals surface area contributed by atoms with Crippen LogP contribution in [0.25, 0.3) is 0 Å². The van der Waals surface area contributed by atoms with Crippen LogP contribution in [0.4, 0.5) is 0 Å². The molecule has 0 saturated carbocycles. The van der Waals surface area contributed by atoms with E-state index >= 15 is 0 Å². The van der Waals surface area contributed by atoms with Crippen molar-refractivity contribution in [1.82, 2.24) is 9.62 Å². The van der Waals surface area contributed by atoms with Crippen LogP contribution in [0.1, 0.15) is 31.4 Å². The molecule has 1 aliphatic rings. The lowest BCUT2D eigenvalue weighted by Crippen LogP contribution is -2.52. The normalized spacial score (nSPS) is 16.9. The molecule has 140 valence electrons. The molecule has 1 aromatic rings. The molecule has 1 heterocycles. The second kappa shape index (κ2) is 8.29. The van der Waals surface area contributed by atoms with Crippen molar-refractivity contribution in [1.29, 1.82) is 0 Å². The van der Waals surface area contributed by atoms with Gasteiger partial charge in [-0.05, 0) is 49.4 Å². The first-order chi connectivity index (χ1) is 11.7. The molecule has 0 radical (unpaired) electrons. The zero-order valence-electron chi connectivity index (χ0n) is 15.4. The van der Waals surface area contributed by atoms with Crippen molar-refractivity contribution in [3.05, 3.63) is 29.3 Å². The summed E-state index contributed by atoms with van der Waals surface area (Å²) in [5.74, 6) is 0.0156. The summed E-state index contributed by atoms with van der Waals surface area (Å²) >= 11 is 0. The minimum absolute atomic E-state index is 0.176. The van der Waals surface area contributed by atoms with Gasteiger partial charge in [0.2, 0.25) is 15.9 Å². The van der Waals surface area contributed by atoms with Crippen molar-refractivity contribution in [3.63, 3.8) is 0 Å². The Bertz CT molecular complexity index is 710. The Morgan fingerprint density at radius 1 is 1.20 bits per heavy atom. The third-order valence-electron chi connectivity index (χ3n) is 4.41. The fourth-order valence-corrected chi connectivity index (χ4v) is 4.10. The molecular formula is C18H28N2O4S. The topological polar surface area (TPSA) is 75.7 Å². The van der Waals surface area contributed by atoms with Crippen LogP contribution in [0.2, 0.25) is 0 Å². The number of aryl methyl sites for hydroxylation is 2. The van der Waals surface area contributed by atoms with Crippen LogP contribution in [0.5, 0.6) is 0 Å². The standard InChI is InChI=1S/C18H28N2O4S/c1-13(2)11-17(18(21)20-7-9-24-10-8-20)19-25(22,23)16-6-5-14(3)15(4)12-16/h5-6,12-13,17,19H,7-11H2,1-4H3/t17-/m0/s1. The Kier molecular flexibility index (Phi) is 6.59. The molecule has 1 amide bonds. The number of hydrogen-bond acceptors (Lipinski definition) is 4. The Morgan fingerprint density at radius 2 is 1.84 bits per heavy atom. The van der Waals surface area contributed by atoms with E-state index in [-0.39, 0.29) is 16.7 Å². The van der Waals surface area contributed by atoms with Crippen LogP contribution in [-0.2, 0) is 19.6 Å². The number of carbonyl (C=O) groups is 1. The number of hydrogen-bond donors (Lipinski definition) is 1. The first-order valence-corrected chi connectivity index (χ1v) is 10.1. The second-order valence-electron chi connectivity index (χ2n) is 6.99. The summed E-state index contributed by atoms with van der Waals surface area (Å²) in [6.45, 7) is 9.74. The van der Waals surface area contributed by atoms with Gasteiger partial charge in [-0.1, -0.05) is 19.9 Å². The van der Waals surface area contributed by atoms with Crippen LogP contribution in [0.15, 0.2) is 23.1 Å². The SMILES string of the molecule is Cc1ccc(S(=O)(=O)N[C@@H](CC(C)C)C(=O)N2CCOCC2)cc1C. The fraction of sp³-hybridized carbons (Fsp3) is 0.611. The van der Waals surface area contributed by atoms with Gasteiger partial charge in [0.1, 0.15) is 6.04 Å². The van der Waals surface area contributed by atoms with E-state index in [1.165, 1.54) is 0 Å². The molecule has 1 saturated heterocycles. The van der Waals surface area contributed by atoms with Crippen molar-refractivity contribution < 1.29 is 17.9 Å². The molecule has 1 aromatic carbocycles. The number of amides is 1. The maximum Gasteiger partial charge on any atom is 0.241 e. The third-order valence-corrected chi connectivity index (χ3v) is 5.88. The van der Waals surface area contributed by atoms with E-state index in [1.807, 2.05) is 27.7 Å². The van der Waals surface area contributed by atoms with Crippen molar-refractivity contribution >= 4 is 15.9 Å². The van der Waals surface area contributed by atoms with E-state index in [0.29, 0.717) is 32.7 Å². The maximum atomic E-state index is 12.8. The average molecular weight is 368 g/mol. The summed E-state index contributed by atoms with van der Waals surface area (Å²) < 4.78 is 33.4. The Hall–Kier alpha value is -1.44. The number of rotatable bonds is 6. The summed E-state index contributed by atoms with van der Waals surface area (Å²) in [5.41, 5.74) is 1.94. The van der Waals surface area contributed by atoms with E-state index < -0.39 is 16.1 Å². The third kappa shape index (κ3) is 5.26. The number of ether oxygens (including phenoxy) is 1. The zero-order chi connectivity index (χ0) is 18.6. The molecule has 2 rings (SSSR count). The average Bonchev–Trinajstić information content (AvgIpc) is 2.56. The van der Waals surface area contributed by atoms with Crippen molar-refractivity contribution in [2.75, 3.05) is 26.3 Å². The summed E-state index contributed by atoms with van der Waals surface area (Å²) in [4.78, 5) is 14.7. The molecule has 1 aliphatic heterocycles. The molecule has 0 aromatic heterocycles. The lowest BCUT2D eigenvalue weighted by Gasteiger charge is -2.31. The summed E-state index contributed by atoms with van der Waals surface area (Å²) in [6, 6.07) is 4.25. The van der Waals surface area contributed by atoms with Gasteiger partial charge in [0, 0.05) is 13.1 Å². The molecule has 0 bridgehead atoms. The van der Waals surface area contributed by atoms with E-state index in [1.54, 1.807) is 23.1 Å². The summed E-state index contributed by atoms with van der Waals surface area (Å²) in [6.07, 6.45) is 0.459. The van der Waals surface area contributed by atoms with E-state index in [9.17, 15) is 13.2 Å². The van der Waals surface area contributed by atoms with Crippen LogP contribution in [0.3, 0.4) is 0 Å². The molecule has 25 heavy (non-hydrogen) atoms. The molecule has 6 nitrogen and oxygen atoms in total. The number of sulfonamides is 1. The molecule has 1 atom stereocenters. The van der Waals surface area contributed by atoms with Gasteiger partial charge in [-0.2, -0.15) is 4.72 Å². The van der Waals surface area contributed by atoms with Gasteiger partial charge in [-0.25, -0.2) is 8.42 Å². The number of benzene rings is 1. The highest BCUT2D eigenvalue weighted by atomic mass is 32.2. The van der Waals surface area contributed by atoms with Gasteiger partial charge in [0.25, 0.3) is 0 Å². The molecular weight excluding hydrogens is 340 g/mol. The highest BCUT2D eigenvalue weighted by Crippen LogP contribution is 2.17. The molecule has 1 fully saturated rings.